The van der Waals surface area contributed by atoms with Gasteiger partial charge in [0.25, 0.3) is 0 Å². The van der Waals surface area contributed by atoms with Crippen molar-refractivity contribution in [3.8, 4) is 5.88 Å². The Morgan fingerprint density at radius 3 is 2.67 bits per heavy atom. The molecule has 174 valence electrons. The van der Waals surface area contributed by atoms with E-state index < -0.39 is 10.0 Å². The van der Waals surface area contributed by atoms with E-state index >= 15 is 0 Å². The van der Waals surface area contributed by atoms with E-state index in [1.54, 1.807) is 30.3 Å². The Labute approximate surface area is 197 Å². The SMILES string of the molecule is COc1cccc(CCNS(=O)(=O)c2cnc(NCC3(c4cccc(F)c4)CC3)c(Cl)c2)n1. The monoisotopic (exact) mass is 490 g/mol. The van der Waals surface area contributed by atoms with Gasteiger partial charge in [0, 0.05) is 42.9 Å². The minimum absolute atomic E-state index is 0.0251. The Kier molecular flexibility index (Phi) is 6.83. The topological polar surface area (TPSA) is 93.2 Å². The van der Waals surface area contributed by atoms with E-state index in [2.05, 4.69) is 20.0 Å². The van der Waals surface area contributed by atoms with Crippen LogP contribution in [0.15, 0.2) is 59.6 Å². The van der Waals surface area contributed by atoms with Gasteiger partial charge < -0.3 is 10.1 Å². The number of halogens is 2. The second kappa shape index (κ2) is 9.62. The molecule has 3 aromatic rings. The minimum atomic E-state index is -3.79. The predicted molar refractivity (Wildman–Crippen MR) is 125 cm³/mol. The van der Waals surface area contributed by atoms with Gasteiger partial charge >= 0.3 is 0 Å². The number of pyridine rings is 2. The molecule has 4 rings (SSSR count). The van der Waals surface area contributed by atoms with Crippen LogP contribution in [0.1, 0.15) is 24.1 Å². The van der Waals surface area contributed by atoms with Crippen molar-refractivity contribution in [2.45, 2.75) is 29.6 Å². The number of hydrogen-bond donors (Lipinski definition) is 2. The van der Waals surface area contributed by atoms with Crippen molar-refractivity contribution in [3.05, 3.63) is 76.8 Å². The molecule has 0 spiro atoms. The molecule has 10 heteroatoms. The molecule has 0 unspecified atom stereocenters. The van der Waals surface area contributed by atoms with Gasteiger partial charge in [0.05, 0.1) is 12.1 Å². The molecule has 0 bridgehead atoms. The first-order chi connectivity index (χ1) is 15.8. The van der Waals surface area contributed by atoms with Crippen molar-refractivity contribution in [1.82, 2.24) is 14.7 Å². The second-order valence-electron chi connectivity index (χ2n) is 7.96. The molecule has 0 amide bonds. The van der Waals surface area contributed by atoms with Gasteiger partial charge in [-0.1, -0.05) is 29.8 Å². The molecule has 0 saturated heterocycles. The predicted octanol–water partition coefficient (Wildman–Crippen LogP) is 3.94. The first-order valence-corrected chi connectivity index (χ1v) is 12.3. The van der Waals surface area contributed by atoms with E-state index in [0.29, 0.717) is 30.4 Å². The molecule has 33 heavy (non-hydrogen) atoms. The van der Waals surface area contributed by atoms with E-state index in [4.69, 9.17) is 16.3 Å². The zero-order chi connectivity index (χ0) is 23.5. The van der Waals surface area contributed by atoms with Crippen molar-refractivity contribution >= 4 is 27.4 Å². The van der Waals surface area contributed by atoms with Crippen molar-refractivity contribution < 1.29 is 17.5 Å². The van der Waals surface area contributed by atoms with Crippen LogP contribution in [0.5, 0.6) is 5.88 Å². The van der Waals surface area contributed by atoms with Crippen LogP contribution in [-0.2, 0) is 21.9 Å². The Balaban J connectivity index is 1.37. The number of nitrogens with zero attached hydrogens (tertiary/aromatic N) is 2. The van der Waals surface area contributed by atoms with Gasteiger partial charge in [-0.15, -0.1) is 0 Å². The standard InChI is InChI=1S/C23H24ClFN4O3S/c1-32-21-7-3-6-18(29-21)8-11-28-33(30,31)19-13-20(24)22(26-14-19)27-15-23(9-10-23)16-4-2-5-17(25)12-16/h2-7,12-14,28H,8-11,15H2,1H3,(H,26,27). The minimum Gasteiger partial charge on any atom is -0.481 e. The van der Waals surface area contributed by atoms with E-state index in [9.17, 15) is 12.8 Å². The van der Waals surface area contributed by atoms with E-state index in [1.165, 1.54) is 25.4 Å². The summed E-state index contributed by atoms with van der Waals surface area (Å²) in [5.41, 5.74) is 1.48. The maximum Gasteiger partial charge on any atom is 0.242 e. The fourth-order valence-corrected chi connectivity index (χ4v) is 4.89. The van der Waals surface area contributed by atoms with Crippen LogP contribution in [0.2, 0.25) is 5.02 Å². The molecule has 0 atom stereocenters. The summed E-state index contributed by atoms with van der Waals surface area (Å²) in [4.78, 5) is 8.45. The maximum absolute atomic E-state index is 13.6. The van der Waals surface area contributed by atoms with Crippen LogP contribution in [0.4, 0.5) is 10.2 Å². The third-order valence-corrected chi connectivity index (χ3v) is 7.39. The highest BCUT2D eigenvalue weighted by molar-refractivity contribution is 7.89. The van der Waals surface area contributed by atoms with Crippen LogP contribution in [-0.4, -0.2) is 38.6 Å². The van der Waals surface area contributed by atoms with Crippen molar-refractivity contribution in [1.29, 1.82) is 0 Å². The third-order valence-electron chi connectivity index (χ3n) is 5.67. The number of anilines is 1. The molecule has 1 fully saturated rings. The fourth-order valence-electron chi connectivity index (χ4n) is 3.59. The average Bonchev–Trinajstić information content (AvgIpc) is 3.59. The van der Waals surface area contributed by atoms with Gasteiger partial charge in [-0.05, 0) is 42.7 Å². The lowest BCUT2D eigenvalue weighted by Gasteiger charge is -2.18. The normalized spacial score (nSPS) is 14.6. The molecular weight excluding hydrogens is 467 g/mol. The Morgan fingerprint density at radius 2 is 1.97 bits per heavy atom. The second-order valence-corrected chi connectivity index (χ2v) is 10.1. The van der Waals surface area contributed by atoms with Crippen LogP contribution < -0.4 is 14.8 Å². The summed E-state index contributed by atoms with van der Waals surface area (Å²) < 4.78 is 46.5. The third kappa shape index (κ3) is 5.61. The molecule has 1 saturated carbocycles. The lowest BCUT2D eigenvalue weighted by Crippen LogP contribution is -2.26. The van der Waals surface area contributed by atoms with E-state index in [-0.39, 0.29) is 27.7 Å². The summed E-state index contributed by atoms with van der Waals surface area (Å²) in [5.74, 6) is 0.595. The first kappa shape index (κ1) is 23.4. The first-order valence-electron chi connectivity index (χ1n) is 10.5. The quantitative estimate of drug-likeness (QED) is 0.447. The molecule has 2 heterocycles. The Hall–Kier alpha value is -2.75. The Morgan fingerprint density at radius 1 is 1.18 bits per heavy atom. The molecule has 0 radical (unpaired) electrons. The Bertz CT molecular complexity index is 1250. The maximum atomic E-state index is 13.6. The molecule has 1 aliphatic rings. The van der Waals surface area contributed by atoms with Crippen molar-refractivity contribution in [2.24, 2.45) is 0 Å². The molecule has 2 aromatic heterocycles. The number of aromatic nitrogens is 2. The lowest BCUT2D eigenvalue weighted by molar-refractivity contribution is 0.396. The van der Waals surface area contributed by atoms with Crippen LogP contribution >= 0.6 is 11.6 Å². The fraction of sp³-hybridized carbons (Fsp3) is 0.304. The van der Waals surface area contributed by atoms with E-state index in [1.807, 2.05) is 6.07 Å². The van der Waals surface area contributed by atoms with Crippen molar-refractivity contribution in [2.75, 3.05) is 25.5 Å². The van der Waals surface area contributed by atoms with Crippen LogP contribution in [0.25, 0.3) is 0 Å². The van der Waals surface area contributed by atoms with Crippen LogP contribution in [0.3, 0.4) is 0 Å². The molecule has 7 nitrogen and oxygen atoms in total. The molecule has 1 aliphatic carbocycles. The summed E-state index contributed by atoms with van der Waals surface area (Å²) in [5, 5.41) is 3.38. The number of sulfonamides is 1. The smallest absolute Gasteiger partial charge is 0.242 e. The highest BCUT2D eigenvalue weighted by Gasteiger charge is 2.44. The number of methoxy groups -OCH3 is 1. The van der Waals surface area contributed by atoms with Gasteiger partial charge in [0.2, 0.25) is 15.9 Å². The number of nitrogens with one attached hydrogen (secondary N) is 2. The van der Waals surface area contributed by atoms with Gasteiger partial charge in [0.15, 0.2) is 0 Å². The highest BCUT2D eigenvalue weighted by Crippen LogP contribution is 2.48. The number of hydrogen-bond acceptors (Lipinski definition) is 6. The van der Waals surface area contributed by atoms with Gasteiger partial charge in [-0.2, -0.15) is 0 Å². The van der Waals surface area contributed by atoms with Gasteiger partial charge in [-0.25, -0.2) is 27.5 Å². The molecule has 1 aromatic carbocycles. The van der Waals surface area contributed by atoms with Crippen LogP contribution in [0, 0.1) is 5.82 Å². The molecule has 2 N–H and O–H groups in total. The molecular formula is C23H24ClFN4O3S. The summed E-state index contributed by atoms with van der Waals surface area (Å²) in [6.45, 7) is 0.692. The largest absolute Gasteiger partial charge is 0.481 e. The van der Waals surface area contributed by atoms with Gasteiger partial charge in [-0.3, -0.25) is 0 Å². The molecule has 0 aliphatic heterocycles. The summed E-state index contributed by atoms with van der Waals surface area (Å²) >= 11 is 6.32. The van der Waals surface area contributed by atoms with Gasteiger partial charge in [0.1, 0.15) is 16.5 Å². The lowest BCUT2D eigenvalue weighted by atomic mass is 9.96. The number of rotatable bonds is 10. The number of benzene rings is 1. The zero-order valence-electron chi connectivity index (χ0n) is 18.0. The van der Waals surface area contributed by atoms with E-state index in [0.717, 1.165) is 18.4 Å². The number of ether oxygens (including phenoxy) is 1. The van der Waals surface area contributed by atoms with Crippen molar-refractivity contribution in [3.63, 3.8) is 0 Å². The summed E-state index contributed by atoms with van der Waals surface area (Å²) in [6, 6.07) is 13.3. The summed E-state index contributed by atoms with van der Waals surface area (Å²) in [7, 11) is -2.27. The zero-order valence-corrected chi connectivity index (χ0v) is 19.6. The summed E-state index contributed by atoms with van der Waals surface area (Å²) in [6.07, 6.45) is 3.53. The average molecular weight is 491 g/mol. The highest BCUT2D eigenvalue weighted by atomic mass is 35.5.